The quantitative estimate of drug-likeness (QED) is 0.168. The number of allylic oxidation sites excluding steroid dienone is 3. The van der Waals surface area contributed by atoms with Crippen LogP contribution in [0.1, 0.15) is 43.4 Å². The number of hydrogen-bond donors (Lipinski definition) is 0. The van der Waals surface area contributed by atoms with Gasteiger partial charge in [0, 0.05) is 44.9 Å². The fourth-order valence-corrected chi connectivity index (χ4v) is 9.14. The fourth-order valence-electron chi connectivity index (χ4n) is 9.14. The molecule has 0 saturated carbocycles. The van der Waals surface area contributed by atoms with Crippen LogP contribution in [0.4, 0.5) is 11.4 Å². The predicted molar refractivity (Wildman–Crippen MR) is 228 cm³/mol. The van der Waals surface area contributed by atoms with Crippen LogP contribution in [-0.4, -0.2) is 4.57 Å². The van der Waals surface area contributed by atoms with E-state index in [9.17, 15) is 0 Å². The third-order valence-electron chi connectivity index (χ3n) is 11.9. The van der Waals surface area contributed by atoms with Gasteiger partial charge in [0.15, 0.2) is 0 Å². The summed E-state index contributed by atoms with van der Waals surface area (Å²) in [6, 6.07) is 62.2. The maximum atomic E-state index is 2.46. The molecule has 0 saturated heterocycles. The lowest BCUT2D eigenvalue weighted by Gasteiger charge is -2.32. The van der Waals surface area contributed by atoms with Crippen LogP contribution in [0, 0.1) is 5.92 Å². The molecule has 0 N–H and O–H groups in total. The Morgan fingerprint density at radius 2 is 1.20 bits per heavy atom. The molecule has 0 aliphatic heterocycles. The fraction of sp³-hybridized carbons (Fsp3) is 0.115. The molecule has 54 heavy (non-hydrogen) atoms. The zero-order chi connectivity index (χ0) is 36.4. The molecule has 2 aliphatic carbocycles. The summed E-state index contributed by atoms with van der Waals surface area (Å²) >= 11 is 0. The number of fused-ring (bicyclic) bond motifs is 6. The van der Waals surface area contributed by atoms with E-state index in [-0.39, 0.29) is 11.3 Å². The van der Waals surface area contributed by atoms with Gasteiger partial charge in [0.05, 0.1) is 11.0 Å². The Balaban J connectivity index is 1.01. The van der Waals surface area contributed by atoms with E-state index in [0.29, 0.717) is 5.92 Å². The smallest absolute Gasteiger partial charge is 0.0541 e. The molecule has 2 heteroatoms. The van der Waals surface area contributed by atoms with Gasteiger partial charge in [-0.25, -0.2) is 0 Å². The Morgan fingerprint density at radius 1 is 0.537 bits per heavy atom. The van der Waals surface area contributed by atoms with Crippen molar-refractivity contribution in [3.8, 4) is 27.9 Å². The second kappa shape index (κ2) is 12.6. The van der Waals surface area contributed by atoms with Crippen molar-refractivity contribution in [2.24, 2.45) is 5.92 Å². The summed E-state index contributed by atoms with van der Waals surface area (Å²) in [6.07, 6.45) is 7.23. The maximum Gasteiger partial charge on any atom is 0.0541 e. The maximum absolute atomic E-state index is 2.46. The summed E-state index contributed by atoms with van der Waals surface area (Å²) in [5.74, 6) is 0.555. The van der Waals surface area contributed by atoms with Crippen molar-refractivity contribution >= 4 is 33.2 Å². The first-order valence-electron chi connectivity index (χ1n) is 19.1. The molecule has 7 aromatic carbocycles. The number of benzene rings is 7. The number of para-hydroxylation sites is 2. The van der Waals surface area contributed by atoms with Crippen LogP contribution in [0.2, 0.25) is 0 Å². The van der Waals surface area contributed by atoms with E-state index in [1.807, 2.05) is 0 Å². The average molecular weight is 695 g/mol. The Hall–Kier alpha value is -6.38. The Kier molecular flexibility index (Phi) is 7.56. The molecule has 260 valence electrons. The minimum atomic E-state index is -0.0627. The van der Waals surface area contributed by atoms with Gasteiger partial charge in [-0.05, 0) is 106 Å². The Morgan fingerprint density at radius 3 is 2.00 bits per heavy atom. The van der Waals surface area contributed by atoms with Crippen LogP contribution in [0.15, 0.2) is 194 Å². The van der Waals surface area contributed by atoms with Gasteiger partial charge in [-0.3, -0.25) is 0 Å². The minimum Gasteiger partial charge on any atom is -0.311 e. The standard InChI is InChI=1S/C52H42N2/c1-35-32-41(53(39-16-8-5-9-17-39)42-28-30-45-44-18-10-12-20-48(44)52(2,3)49(45)34-42)27-29-43(35)38-24-31-51-47(33-38)46-19-11-13-21-50(46)54(51)40-25-22-37(23-26-40)36-14-6-4-7-15-36/h4-35,43H,1-3H3/t35?,43-/m0/s1. The molecule has 1 unspecified atom stereocenters. The monoisotopic (exact) mass is 694 g/mol. The first kappa shape index (κ1) is 32.3. The summed E-state index contributed by atoms with van der Waals surface area (Å²) in [6.45, 7) is 7.08. The molecule has 1 heterocycles. The second-order valence-electron chi connectivity index (χ2n) is 15.4. The molecular weight excluding hydrogens is 653 g/mol. The molecule has 0 fully saturated rings. The van der Waals surface area contributed by atoms with E-state index >= 15 is 0 Å². The van der Waals surface area contributed by atoms with Crippen LogP contribution in [-0.2, 0) is 5.41 Å². The van der Waals surface area contributed by atoms with E-state index < -0.39 is 0 Å². The van der Waals surface area contributed by atoms with Crippen molar-refractivity contribution in [1.29, 1.82) is 0 Å². The van der Waals surface area contributed by atoms with Crippen LogP contribution < -0.4 is 4.90 Å². The number of hydrogen-bond acceptors (Lipinski definition) is 1. The van der Waals surface area contributed by atoms with Gasteiger partial charge < -0.3 is 9.47 Å². The second-order valence-corrected chi connectivity index (χ2v) is 15.4. The summed E-state index contributed by atoms with van der Waals surface area (Å²) in [5, 5.41) is 2.57. The van der Waals surface area contributed by atoms with Crippen molar-refractivity contribution in [2.45, 2.75) is 32.1 Å². The van der Waals surface area contributed by atoms with Crippen molar-refractivity contribution < 1.29 is 0 Å². The van der Waals surface area contributed by atoms with Gasteiger partial charge in [0.2, 0.25) is 0 Å². The van der Waals surface area contributed by atoms with Gasteiger partial charge >= 0.3 is 0 Å². The lowest BCUT2D eigenvalue weighted by molar-refractivity contribution is 0.629. The molecule has 0 radical (unpaired) electrons. The zero-order valence-corrected chi connectivity index (χ0v) is 30.9. The highest BCUT2D eigenvalue weighted by Gasteiger charge is 2.36. The number of anilines is 2. The molecule has 10 rings (SSSR count). The number of aromatic nitrogens is 1. The van der Waals surface area contributed by atoms with E-state index in [2.05, 4.69) is 218 Å². The molecule has 0 bridgehead atoms. The van der Waals surface area contributed by atoms with Crippen molar-refractivity contribution in [3.05, 3.63) is 210 Å². The SMILES string of the molecule is CC1C=C(N(c2ccccc2)c2ccc3c(c2)C(C)(C)c2ccccc2-3)C=C[C@@H]1c1ccc2c(c1)c1ccccc1n2-c1ccc(-c2ccccc2)cc1. The lowest BCUT2D eigenvalue weighted by Crippen LogP contribution is -2.21. The average Bonchev–Trinajstić information content (AvgIpc) is 3.67. The summed E-state index contributed by atoms with van der Waals surface area (Å²) in [5.41, 5.74) is 16.4. The molecule has 0 amide bonds. The van der Waals surface area contributed by atoms with Gasteiger partial charge in [-0.1, -0.05) is 148 Å². The van der Waals surface area contributed by atoms with E-state index in [1.165, 1.54) is 83.5 Å². The highest BCUT2D eigenvalue weighted by atomic mass is 15.1. The number of rotatable bonds is 6. The van der Waals surface area contributed by atoms with Crippen LogP contribution in [0.3, 0.4) is 0 Å². The number of nitrogens with zero attached hydrogens (tertiary/aromatic N) is 2. The van der Waals surface area contributed by atoms with E-state index in [1.54, 1.807) is 0 Å². The topological polar surface area (TPSA) is 8.17 Å². The molecule has 2 aliphatic rings. The zero-order valence-electron chi connectivity index (χ0n) is 30.9. The molecule has 1 aromatic heterocycles. The highest BCUT2D eigenvalue weighted by molar-refractivity contribution is 6.09. The first-order chi connectivity index (χ1) is 26.5. The van der Waals surface area contributed by atoms with Gasteiger partial charge in [0.1, 0.15) is 0 Å². The predicted octanol–water partition coefficient (Wildman–Crippen LogP) is 13.8. The van der Waals surface area contributed by atoms with Gasteiger partial charge in [0.25, 0.3) is 0 Å². The van der Waals surface area contributed by atoms with E-state index in [0.717, 1.165) is 0 Å². The van der Waals surface area contributed by atoms with Gasteiger partial charge in [-0.2, -0.15) is 0 Å². The Labute approximate surface area is 318 Å². The normalized spacial score (nSPS) is 17.0. The summed E-state index contributed by atoms with van der Waals surface area (Å²) in [7, 11) is 0. The summed E-state index contributed by atoms with van der Waals surface area (Å²) < 4.78 is 2.41. The third-order valence-corrected chi connectivity index (χ3v) is 11.9. The molecule has 2 nitrogen and oxygen atoms in total. The largest absolute Gasteiger partial charge is 0.311 e. The molecule has 8 aromatic rings. The molecular formula is C52H42N2. The highest BCUT2D eigenvalue weighted by Crippen LogP contribution is 2.50. The van der Waals surface area contributed by atoms with Gasteiger partial charge in [-0.15, -0.1) is 0 Å². The molecule has 0 spiro atoms. The van der Waals surface area contributed by atoms with Crippen molar-refractivity contribution in [2.75, 3.05) is 4.90 Å². The first-order valence-corrected chi connectivity index (χ1v) is 19.1. The van der Waals surface area contributed by atoms with Crippen molar-refractivity contribution in [1.82, 2.24) is 4.57 Å². The Bertz CT molecular complexity index is 2750. The van der Waals surface area contributed by atoms with E-state index in [4.69, 9.17) is 0 Å². The van der Waals surface area contributed by atoms with Crippen LogP contribution >= 0.6 is 0 Å². The molecule has 2 atom stereocenters. The lowest BCUT2D eigenvalue weighted by atomic mass is 9.82. The van der Waals surface area contributed by atoms with Crippen LogP contribution in [0.25, 0.3) is 49.7 Å². The third kappa shape index (κ3) is 5.16. The minimum absolute atomic E-state index is 0.0627. The van der Waals surface area contributed by atoms with Crippen LogP contribution in [0.5, 0.6) is 0 Å². The summed E-state index contributed by atoms with van der Waals surface area (Å²) in [4.78, 5) is 2.43. The van der Waals surface area contributed by atoms with Crippen molar-refractivity contribution in [3.63, 3.8) is 0 Å².